The molecule has 1 saturated heterocycles. The predicted molar refractivity (Wildman–Crippen MR) is 161 cm³/mol. The highest BCUT2D eigenvalue weighted by atomic mass is 19.4. The lowest BCUT2D eigenvalue weighted by Gasteiger charge is -2.13. The second kappa shape index (κ2) is 12.1. The number of benzene rings is 1. The van der Waals surface area contributed by atoms with Gasteiger partial charge in [-0.15, -0.1) is 0 Å². The van der Waals surface area contributed by atoms with Gasteiger partial charge in [-0.2, -0.15) is 18.3 Å². The summed E-state index contributed by atoms with van der Waals surface area (Å²) in [5.41, 5.74) is 8.67. The molecule has 10 nitrogen and oxygen atoms in total. The molecule has 2 bridgehead atoms. The zero-order valence-corrected chi connectivity index (χ0v) is 23.7. The lowest BCUT2D eigenvalue weighted by molar-refractivity contribution is -0.137. The van der Waals surface area contributed by atoms with E-state index in [0.29, 0.717) is 42.0 Å². The Kier molecular flexibility index (Phi) is 8.04. The van der Waals surface area contributed by atoms with Gasteiger partial charge >= 0.3 is 6.18 Å². The number of carbonyl (C=O) groups excluding carboxylic acids is 2. The van der Waals surface area contributed by atoms with Gasteiger partial charge in [0.15, 0.2) is 0 Å². The van der Waals surface area contributed by atoms with Gasteiger partial charge in [0, 0.05) is 42.2 Å². The fourth-order valence-electron chi connectivity index (χ4n) is 5.66. The maximum atomic E-state index is 13.1. The topological polar surface area (TPSA) is 140 Å². The lowest BCUT2D eigenvalue weighted by atomic mass is 10.0. The second-order valence-electron chi connectivity index (χ2n) is 11.0. The molecule has 3 aromatic heterocycles. The Morgan fingerprint density at radius 2 is 1.91 bits per heavy atom. The van der Waals surface area contributed by atoms with Crippen molar-refractivity contribution in [3.05, 3.63) is 71.6 Å². The average molecular weight is 605 g/mol. The van der Waals surface area contributed by atoms with Crippen molar-refractivity contribution in [3.8, 4) is 11.3 Å². The summed E-state index contributed by atoms with van der Waals surface area (Å²) in [4.78, 5) is 33.9. The van der Waals surface area contributed by atoms with Crippen LogP contribution in [0, 0.1) is 0 Å². The molecule has 5 heterocycles. The molecule has 44 heavy (non-hydrogen) atoms. The van der Waals surface area contributed by atoms with Crippen molar-refractivity contribution in [2.45, 2.75) is 50.4 Å². The average Bonchev–Trinajstić information content (AvgIpc) is 3.65. The van der Waals surface area contributed by atoms with Crippen LogP contribution < -0.4 is 21.7 Å². The molecule has 0 radical (unpaired) electrons. The number of halogens is 3. The second-order valence-corrected chi connectivity index (χ2v) is 11.0. The third kappa shape index (κ3) is 6.00. The number of nitrogens with zero attached hydrogens (tertiary/aromatic N) is 4. The Hall–Kier alpha value is -4.78. The van der Waals surface area contributed by atoms with E-state index in [1.54, 1.807) is 30.5 Å². The molecule has 0 aliphatic carbocycles. The van der Waals surface area contributed by atoms with Gasteiger partial charge in [-0.25, -0.2) is 9.97 Å². The molecule has 6 rings (SSSR count). The number of rotatable bonds is 3. The van der Waals surface area contributed by atoms with Crippen LogP contribution in [0.4, 0.5) is 24.8 Å². The molecule has 4 aromatic rings. The largest absolute Gasteiger partial charge is 0.416 e. The number of pyridine rings is 2. The number of hydrogen-bond acceptors (Lipinski definition) is 7. The first-order valence-electron chi connectivity index (χ1n) is 14.5. The summed E-state index contributed by atoms with van der Waals surface area (Å²) in [6.45, 7) is 1.19. The first-order chi connectivity index (χ1) is 21.2. The standard InChI is InChI=1S/C31H31F3N8O2/c32-31(33,34)21-11-13-36-24(14-21)40-29(43)19-9-7-18(8-10-19)26-25-27-20(16-39-28(25)35)6-4-2-1-3-5-12-37-30(44)23-15-22(17-38-23)42(27)41-26/h4,6-11,13-14,16,22-23,38H,1-3,5,12,15,17H2,(H2,35,39)(H,37,44)(H,36,40,43)/b6-4+/t22-,23+/m0/s1. The minimum Gasteiger partial charge on any atom is -0.383 e. The monoisotopic (exact) mass is 604 g/mol. The molecule has 2 aliphatic heterocycles. The summed E-state index contributed by atoms with van der Waals surface area (Å²) in [6.07, 6.45) is 6.69. The van der Waals surface area contributed by atoms with Gasteiger partial charge < -0.3 is 21.7 Å². The quantitative estimate of drug-likeness (QED) is 0.259. The molecule has 228 valence electrons. The number of nitrogen functional groups attached to an aromatic ring is 1. The summed E-state index contributed by atoms with van der Waals surface area (Å²) < 4.78 is 41.2. The number of nitrogens with one attached hydrogen (secondary N) is 3. The van der Waals surface area contributed by atoms with E-state index in [0.717, 1.165) is 55.1 Å². The minimum absolute atomic E-state index is 0.0206. The number of fused-ring (bicyclic) bond motifs is 3. The Balaban J connectivity index is 1.34. The van der Waals surface area contributed by atoms with Crippen LogP contribution in [0.5, 0.6) is 0 Å². The van der Waals surface area contributed by atoms with Crippen molar-refractivity contribution < 1.29 is 22.8 Å². The van der Waals surface area contributed by atoms with E-state index in [2.05, 4.69) is 32.0 Å². The Bertz CT molecular complexity index is 1730. The van der Waals surface area contributed by atoms with Gasteiger partial charge in [-0.05, 0) is 49.9 Å². The summed E-state index contributed by atoms with van der Waals surface area (Å²) in [5, 5.41) is 14.4. The number of allylic oxidation sites excluding steroid dienone is 1. The third-order valence-electron chi connectivity index (χ3n) is 7.95. The van der Waals surface area contributed by atoms with Gasteiger partial charge in [0.2, 0.25) is 5.91 Å². The number of amides is 2. The third-order valence-corrected chi connectivity index (χ3v) is 7.95. The van der Waals surface area contributed by atoms with Gasteiger partial charge in [0.1, 0.15) is 17.3 Å². The highest BCUT2D eigenvalue weighted by molar-refractivity contribution is 6.06. The van der Waals surface area contributed by atoms with Crippen molar-refractivity contribution in [3.63, 3.8) is 0 Å². The van der Waals surface area contributed by atoms with E-state index in [1.165, 1.54) is 0 Å². The zero-order chi connectivity index (χ0) is 30.8. The van der Waals surface area contributed by atoms with Gasteiger partial charge in [0.25, 0.3) is 5.91 Å². The first-order valence-corrected chi connectivity index (χ1v) is 14.5. The number of nitrogens with two attached hydrogens (primary N) is 1. The molecule has 0 saturated carbocycles. The highest BCUT2D eigenvalue weighted by Crippen LogP contribution is 2.37. The molecule has 0 spiro atoms. The van der Waals surface area contributed by atoms with Crippen molar-refractivity contribution in [2.24, 2.45) is 0 Å². The van der Waals surface area contributed by atoms with Crippen molar-refractivity contribution in [1.29, 1.82) is 0 Å². The van der Waals surface area contributed by atoms with E-state index < -0.39 is 17.6 Å². The van der Waals surface area contributed by atoms with Crippen molar-refractivity contribution in [1.82, 2.24) is 30.4 Å². The predicted octanol–water partition coefficient (Wildman–Crippen LogP) is 4.95. The normalized spacial score (nSPS) is 20.0. The minimum atomic E-state index is -4.56. The molecule has 1 fully saturated rings. The number of alkyl halides is 3. The lowest BCUT2D eigenvalue weighted by Crippen LogP contribution is -2.40. The Morgan fingerprint density at radius 1 is 1.09 bits per heavy atom. The van der Waals surface area contributed by atoms with E-state index in [9.17, 15) is 22.8 Å². The summed E-state index contributed by atoms with van der Waals surface area (Å²) in [7, 11) is 0. The fourth-order valence-corrected chi connectivity index (χ4v) is 5.66. The summed E-state index contributed by atoms with van der Waals surface area (Å²) in [5.74, 6) is -0.537. The number of hydrogen-bond donors (Lipinski definition) is 4. The van der Waals surface area contributed by atoms with Crippen LogP contribution in [0.2, 0.25) is 0 Å². The number of aromatic nitrogens is 4. The number of anilines is 2. The maximum Gasteiger partial charge on any atom is 0.416 e. The highest BCUT2D eigenvalue weighted by Gasteiger charge is 2.33. The van der Waals surface area contributed by atoms with Crippen LogP contribution in [0.3, 0.4) is 0 Å². The van der Waals surface area contributed by atoms with Crippen LogP contribution in [0.15, 0.2) is 54.9 Å². The van der Waals surface area contributed by atoms with Crippen LogP contribution in [-0.2, 0) is 11.0 Å². The van der Waals surface area contributed by atoms with Crippen LogP contribution in [-0.4, -0.2) is 50.7 Å². The van der Waals surface area contributed by atoms with Gasteiger partial charge in [0.05, 0.1) is 28.6 Å². The summed E-state index contributed by atoms with van der Waals surface area (Å²) in [6, 6.07) is 7.70. The van der Waals surface area contributed by atoms with E-state index in [-0.39, 0.29) is 29.4 Å². The smallest absolute Gasteiger partial charge is 0.383 e. The zero-order valence-electron chi connectivity index (χ0n) is 23.7. The fraction of sp³-hybridized carbons (Fsp3) is 0.323. The van der Waals surface area contributed by atoms with Crippen molar-refractivity contribution >= 4 is 40.4 Å². The van der Waals surface area contributed by atoms with Crippen molar-refractivity contribution in [2.75, 3.05) is 24.1 Å². The van der Waals surface area contributed by atoms with Crippen LogP contribution >= 0.6 is 0 Å². The molecule has 0 unspecified atom stereocenters. The summed E-state index contributed by atoms with van der Waals surface area (Å²) >= 11 is 0. The Labute approximate surface area is 250 Å². The molecular formula is C31H31F3N8O2. The van der Waals surface area contributed by atoms with E-state index in [4.69, 9.17) is 10.8 Å². The maximum absolute atomic E-state index is 13.1. The van der Waals surface area contributed by atoms with Crippen LogP contribution in [0.25, 0.3) is 28.2 Å². The van der Waals surface area contributed by atoms with E-state index in [1.807, 2.05) is 10.8 Å². The van der Waals surface area contributed by atoms with Gasteiger partial charge in [-0.1, -0.05) is 30.7 Å². The number of carbonyl (C=O) groups is 2. The molecular weight excluding hydrogens is 573 g/mol. The molecule has 2 amide bonds. The molecule has 1 aromatic carbocycles. The molecule has 2 aliphatic rings. The first kappa shape index (κ1) is 29.3. The molecule has 2 atom stereocenters. The molecule has 5 N–H and O–H groups in total. The SMILES string of the molecule is Nc1ncc2c3c1c(-c1ccc(C(=O)Nc4cc(C(F)(F)F)ccn4)cc1)nn3[C@@H]1CN[C@H](C1)C(=O)NCCCCC/C=C/2. The van der Waals surface area contributed by atoms with Gasteiger partial charge in [-0.3, -0.25) is 14.3 Å². The Morgan fingerprint density at radius 3 is 2.70 bits per heavy atom. The van der Waals surface area contributed by atoms with E-state index >= 15 is 0 Å². The van der Waals surface area contributed by atoms with Crippen LogP contribution in [0.1, 0.15) is 59.6 Å². The molecule has 13 heteroatoms.